The van der Waals surface area contributed by atoms with Crippen LogP contribution in [0.25, 0.3) is 10.9 Å². The fourth-order valence-corrected chi connectivity index (χ4v) is 1.54. The molecule has 0 amide bonds. The Kier molecular flexibility index (Phi) is 1.30. The van der Waals surface area contributed by atoms with Crippen LogP contribution >= 0.6 is 0 Å². The molecule has 2 rings (SSSR count). The number of aromatic nitrogens is 1. The van der Waals surface area contributed by atoms with Gasteiger partial charge in [-0.05, 0) is 0 Å². The molecule has 0 spiro atoms. The molecule has 0 fully saturated rings. The maximum absolute atomic E-state index is 3.20. The average Bonchev–Trinajstić information content (AvgIpc) is 2.27. The van der Waals surface area contributed by atoms with Gasteiger partial charge in [-0.1, -0.05) is 0 Å². The van der Waals surface area contributed by atoms with Crippen LogP contribution in [0.2, 0.25) is 0 Å². The number of hydrogen-bond acceptors (Lipinski definition) is 0. The molecule has 1 nitrogen and oxygen atoms in total. The van der Waals surface area contributed by atoms with E-state index in [2.05, 4.69) is 39.2 Å². The number of para-hydroxylation sites is 1. The molecule has 0 saturated carbocycles. The number of benzene rings is 1. The number of aromatic amines is 1. The molecule has 2 heteroatoms. The second kappa shape index (κ2) is 2.15. The normalized spacial score (nSPS) is 10.4. The third-order valence-corrected chi connectivity index (χ3v) is 1.97. The first-order valence-corrected chi connectivity index (χ1v) is 3.97. The Morgan fingerprint density at radius 2 is 2.00 bits per heavy atom. The van der Waals surface area contributed by atoms with Crippen LogP contribution in [-0.4, -0.2) is 21.0 Å². The molecule has 0 aliphatic carbocycles. The summed E-state index contributed by atoms with van der Waals surface area (Å²) in [6.07, 6.45) is 0. The predicted molar refractivity (Wildman–Crippen MR) is 43.7 cm³/mol. The van der Waals surface area contributed by atoms with E-state index in [0.717, 1.165) is 4.59 Å². The second-order valence-corrected chi connectivity index (χ2v) is 3.14. The Bertz CT molecular complexity index is 318. The third-order valence-electron chi connectivity index (χ3n) is 1.51. The van der Waals surface area contributed by atoms with Crippen molar-refractivity contribution in [1.29, 1.82) is 0 Å². The summed E-state index contributed by atoms with van der Waals surface area (Å²) in [5, 5.41) is 1.26. The van der Waals surface area contributed by atoms with E-state index in [1.54, 1.807) is 0 Å². The average molecular weight is 195 g/mol. The molecule has 0 aliphatic heterocycles. The van der Waals surface area contributed by atoms with Crippen LogP contribution in [0.3, 0.4) is 0 Å². The summed E-state index contributed by atoms with van der Waals surface area (Å²) in [5.41, 5.74) is 1.19. The van der Waals surface area contributed by atoms with Crippen LogP contribution in [0.15, 0.2) is 30.3 Å². The van der Waals surface area contributed by atoms with Crippen LogP contribution in [0.4, 0.5) is 0 Å². The van der Waals surface area contributed by atoms with E-state index in [0.29, 0.717) is 0 Å². The molecule has 49 valence electrons. The SMILES string of the molecule is [Se]c1cc2ccccc2[nH]1. The van der Waals surface area contributed by atoms with Crippen molar-refractivity contribution in [2.75, 3.05) is 0 Å². The minimum absolute atomic E-state index is 1.10. The van der Waals surface area contributed by atoms with E-state index in [1.165, 1.54) is 10.9 Å². The van der Waals surface area contributed by atoms with Crippen LogP contribution in [0, 0.1) is 0 Å². The van der Waals surface area contributed by atoms with E-state index in [9.17, 15) is 0 Å². The second-order valence-electron chi connectivity index (χ2n) is 2.22. The van der Waals surface area contributed by atoms with Crippen molar-refractivity contribution in [3.8, 4) is 0 Å². The van der Waals surface area contributed by atoms with Gasteiger partial charge in [0.05, 0.1) is 0 Å². The van der Waals surface area contributed by atoms with Crippen LogP contribution < -0.4 is 4.59 Å². The monoisotopic (exact) mass is 196 g/mol. The van der Waals surface area contributed by atoms with Gasteiger partial charge in [0.1, 0.15) is 0 Å². The van der Waals surface area contributed by atoms with Crippen molar-refractivity contribution in [2.45, 2.75) is 0 Å². The number of nitrogens with one attached hydrogen (secondary N) is 1. The van der Waals surface area contributed by atoms with Crippen molar-refractivity contribution < 1.29 is 0 Å². The van der Waals surface area contributed by atoms with Gasteiger partial charge in [0.15, 0.2) is 0 Å². The molecular formula is C8H6NSe. The molecule has 1 aromatic heterocycles. The summed E-state index contributed by atoms with van der Waals surface area (Å²) in [6.45, 7) is 0. The Labute approximate surface area is 67.3 Å². The van der Waals surface area contributed by atoms with Crippen LogP contribution in [-0.2, 0) is 0 Å². The first kappa shape index (κ1) is 6.02. The molecule has 0 atom stereocenters. The van der Waals surface area contributed by atoms with E-state index in [4.69, 9.17) is 0 Å². The summed E-state index contributed by atoms with van der Waals surface area (Å²) in [5.74, 6) is 0. The van der Waals surface area contributed by atoms with Gasteiger partial charge in [-0.15, -0.1) is 0 Å². The van der Waals surface area contributed by atoms with E-state index in [-0.39, 0.29) is 0 Å². The molecule has 2 aromatic rings. The van der Waals surface area contributed by atoms with Gasteiger partial charge >= 0.3 is 66.8 Å². The Morgan fingerprint density at radius 1 is 1.20 bits per heavy atom. The standard InChI is InChI=1S/C8H6NSe/c10-8-5-6-3-1-2-4-7(6)9-8/h1-5,9H. The van der Waals surface area contributed by atoms with Crippen molar-refractivity contribution >= 4 is 31.5 Å². The number of H-pyrrole nitrogens is 1. The zero-order chi connectivity index (χ0) is 6.97. The van der Waals surface area contributed by atoms with Gasteiger partial charge in [-0.3, -0.25) is 0 Å². The summed E-state index contributed by atoms with van der Waals surface area (Å²) >= 11 is 2.94. The first-order chi connectivity index (χ1) is 4.86. The molecule has 0 unspecified atom stereocenters. The molecular weight excluding hydrogens is 189 g/mol. The molecule has 1 heterocycles. The van der Waals surface area contributed by atoms with Gasteiger partial charge in [0.25, 0.3) is 0 Å². The zero-order valence-corrected chi connectivity index (χ0v) is 7.01. The van der Waals surface area contributed by atoms with Crippen LogP contribution in [0.1, 0.15) is 0 Å². The van der Waals surface area contributed by atoms with Crippen molar-refractivity contribution in [1.82, 2.24) is 4.98 Å². The van der Waals surface area contributed by atoms with Crippen molar-refractivity contribution in [3.05, 3.63) is 30.3 Å². The van der Waals surface area contributed by atoms with Crippen molar-refractivity contribution in [2.24, 2.45) is 0 Å². The molecule has 1 N–H and O–H groups in total. The fourth-order valence-electron chi connectivity index (χ4n) is 1.05. The quantitative estimate of drug-likeness (QED) is 0.602. The van der Waals surface area contributed by atoms with Crippen LogP contribution in [0.5, 0.6) is 0 Å². The summed E-state index contributed by atoms with van der Waals surface area (Å²) in [7, 11) is 0. The zero-order valence-electron chi connectivity index (χ0n) is 5.29. The van der Waals surface area contributed by atoms with Gasteiger partial charge in [-0.25, -0.2) is 0 Å². The fraction of sp³-hybridized carbons (Fsp3) is 0. The predicted octanol–water partition coefficient (Wildman–Crippen LogP) is 0.962. The molecule has 0 bridgehead atoms. The first-order valence-electron chi connectivity index (χ1n) is 3.11. The van der Waals surface area contributed by atoms with Gasteiger partial charge in [-0.2, -0.15) is 0 Å². The Morgan fingerprint density at radius 3 is 2.80 bits per heavy atom. The molecule has 10 heavy (non-hydrogen) atoms. The minimum atomic E-state index is 1.10. The Balaban J connectivity index is 2.88. The van der Waals surface area contributed by atoms with Gasteiger partial charge in [0.2, 0.25) is 0 Å². The maximum atomic E-state index is 3.20. The number of fused-ring (bicyclic) bond motifs is 1. The van der Waals surface area contributed by atoms with E-state index >= 15 is 0 Å². The molecule has 1 radical (unpaired) electrons. The summed E-state index contributed by atoms with van der Waals surface area (Å²) < 4.78 is 1.10. The topological polar surface area (TPSA) is 15.8 Å². The molecule has 0 saturated heterocycles. The van der Waals surface area contributed by atoms with E-state index < -0.39 is 0 Å². The Hall–Kier alpha value is -0.721. The van der Waals surface area contributed by atoms with E-state index in [1.807, 2.05) is 12.1 Å². The summed E-state index contributed by atoms with van der Waals surface area (Å²) in [6, 6.07) is 10.3. The van der Waals surface area contributed by atoms with Gasteiger partial charge in [0, 0.05) is 0 Å². The number of hydrogen-bond donors (Lipinski definition) is 1. The number of rotatable bonds is 0. The van der Waals surface area contributed by atoms with Gasteiger partial charge < -0.3 is 0 Å². The molecule has 1 aromatic carbocycles. The van der Waals surface area contributed by atoms with Crippen molar-refractivity contribution in [3.63, 3.8) is 0 Å². The third kappa shape index (κ3) is 0.859. The summed E-state index contributed by atoms with van der Waals surface area (Å²) in [4.78, 5) is 3.20. The molecule has 0 aliphatic rings.